The number of benzene rings is 1. The molecule has 0 radical (unpaired) electrons. The molecule has 0 fully saturated rings. The number of halogens is 2. The summed E-state index contributed by atoms with van der Waals surface area (Å²) in [7, 11) is -2.08. The Morgan fingerprint density at radius 3 is 2.59 bits per heavy atom. The second kappa shape index (κ2) is 5.28. The average Bonchev–Trinajstić information content (AvgIpc) is 2.24. The molecule has 1 aromatic carbocycles. The van der Waals surface area contributed by atoms with Gasteiger partial charge >= 0.3 is 0 Å². The van der Waals surface area contributed by atoms with Gasteiger partial charge in [-0.25, -0.2) is 21.9 Å². The lowest BCUT2D eigenvalue weighted by Crippen LogP contribution is -2.26. The molecule has 1 aromatic rings. The van der Waals surface area contributed by atoms with Gasteiger partial charge in [0.05, 0.1) is 17.1 Å². The monoisotopic (exact) mass is 265 g/mol. The first-order valence-electron chi connectivity index (χ1n) is 4.75. The third kappa shape index (κ3) is 3.82. The van der Waals surface area contributed by atoms with E-state index in [0.29, 0.717) is 6.07 Å². The predicted octanol–water partition coefficient (Wildman–Crippen LogP) is 0.508. The molecule has 0 saturated heterocycles. The van der Waals surface area contributed by atoms with E-state index in [1.165, 1.54) is 7.05 Å². The number of nitrogens with two attached hydrogens (primary N) is 1. The SMILES string of the molecule is CNS(=O)(=O)CCNc1cc(F)cc(F)c1N. The summed E-state index contributed by atoms with van der Waals surface area (Å²) in [5.41, 5.74) is 5.16. The van der Waals surface area contributed by atoms with E-state index in [1.54, 1.807) is 0 Å². The smallest absolute Gasteiger partial charge is 0.213 e. The van der Waals surface area contributed by atoms with E-state index < -0.39 is 21.7 Å². The summed E-state index contributed by atoms with van der Waals surface area (Å²) in [6, 6.07) is 1.66. The minimum Gasteiger partial charge on any atom is -0.395 e. The Morgan fingerprint density at radius 1 is 1.35 bits per heavy atom. The van der Waals surface area contributed by atoms with Gasteiger partial charge in [-0.05, 0) is 13.1 Å². The highest BCUT2D eigenvalue weighted by Crippen LogP contribution is 2.22. The van der Waals surface area contributed by atoms with E-state index in [9.17, 15) is 17.2 Å². The van der Waals surface area contributed by atoms with Gasteiger partial charge in [0.1, 0.15) is 5.82 Å². The van der Waals surface area contributed by atoms with Crippen LogP contribution >= 0.6 is 0 Å². The Hall–Kier alpha value is -1.41. The lowest BCUT2D eigenvalue weighted by molar-refractivity contribution is 0.587. The largest absolute Gasteiger partial charge is 0.395 e. The van der Waals surface area contributed by atoms with Crippen molar-refractivity contribution in [2.45, 2.75) is 0 Å². The number of sulfonamides is 1. The topological polar surface area (TPSA) is 84.2 Å². The molecule has 0 spiro atoms. The Kier molecular flexibility index (Phi) is 4.24. The number of nitrogen functional groups attached to an aromatic ring is 1. The van der Waals surface area contributed by atoms with E-state index in [4.69, 9.17) is 5.73 Å². The number of nitrogens with one attached hydrogen (secondary N) is 2. The Labute approximate surface area is 98.1 Å². The first-order chi connectivity index (χ1) is 7.85. The third-order valence-corrected chi connectivity index (χ3v) is 3.46. The summed E-state index contributed by atoms with van der Waals surface area (Å²) in [5.74, 6) is -1.89. The molecule has 0 heterocycles. The molecular formula is C9H13F2N3O2S. The maximum absolute atomic E-state index is 13.0. The van der Waals surface area contributed by atoms with Crippen LogP contribution in [-0.2, 0) is 10.0 Å². The zero-order valence-corrected chi connectivity index (χ0v) is 9.94. The van der Waals surface area contributed by atoms with Crippen molar-refractivity contribution in [2.24, 2.45) is 0 Å². The summed E-state index contributed by atoms with van der Waals surface area (Å²) >= 11 is 0. The Morgan fingerprint density at radius 2 is 2.00 bits per heavy atom. The van der Waals surface area contributed by atoms with Gasteiger partial charge in [-0.1, -0.05) is 0 Å². The van der Waals surface area contributed by atoms with Gasteiger partial charge < -0.3 is 11.1 Å². The summed E-state index contributed by atoms with van der Waals surface area (Å²) in [5, 5.41) is 2.56. The van der Waals surface area contributed by atoms with Gasteiger partial charge in [0.25, 0.3) is 0 Å². The van der Waals surface area contributed by atoms with Crippen LogP contribution in [0.15, 0.2) is 12.1 Å². The van der Waals surface area contributed by atoms with Crippen molar-refractivity contribution in [2.75, 3.05) is 30.4 Å². The summed E-state index contributed by atoms with van der Waals surface area (Å²) in [6.45, 7) is -0.00370. The quantitative estimate of drug-likeness (QED) is 0.677. The molecule has 8 heteroatoms. The average molecular weight is 265 g/mol. The van der Waals surface area contributed by atoms with Crippen molar-refractivity contribution >= 4 is 21.4 Å². The molecule has 0 aliphatic carbocycles. The number of rotatable bonds is 5. The summed E-state index contributed by atoms with van der Waals surface area (Å²) < 4.78 is 50.2. The van der Waals surface area contributed by atoms with Gasteiger partial charge in [-0.15, -0.1) is 0 Å². The van der Waals surface area contributed by atoms with Crippen molar-refractivity contribution in [1.82, 2.24) is 4.72 Å². The maximum atomic E-state index is 13.0. The molecule has 0 aliphatic heterocycles. The van der Waals surface area contributed by atoms with Crippen molar-refractivity contribution < 1.29 is 17.2 Å². The molecule has 5 nitrogen and oxygen atoms in total. The van der Waals surface area contributed by atoms with Crippen LogP contribution in [0, 0.1) is 11.6 Å². The number of hydrogen-bond donors (Lipinski definition) is 3. The third-order valence-electron chi connectivity index (χ3n) is 2.09. The molecule has 1 rings (SSSR count). The van der Waals surface area contributed by atoms with Crippen molar-refractivity contribution in [3.05, 3.63) is 23.8 Å². The molecule has 4 N–H and O–H groups in total. The molecule has 0 atom stereocenters. The van der Waals surface area contributed by atoms with E-state index in [0.717, 1.165) is 6.07 Å². The van der Waals surface area contributed by atoms with Crippen LogP contribution in [0.5, 0.6) is 0 Å². The van der Waals surface area contributed by atoms with Crippen LogP contribution in [-0.4, -0.2) is 27.8 Å². The molecule has 96 valence electrons. The highest BCUT2D eigenvalue weighted by atomic mass is 32.2. The van der Waals surface area contributed by atoms with Crippen molar-refractivity contribution in [3.8, 4) is 0 Å². The summed E-state index contributed by atoms with van der Waals surface area (Å²) in [4.78, 5) is 0. The first-order valence-corrected chi connectivity index (χ1v) is 6.40. The van der Waals surface area contributed by atoms with Crippen LogP contribution in [0.4, 0.5) is 20.2 Å². The molecule has 0 bridgehead atoms. The lowest BCUT2D eigenvalue weighted by Gasteiger charge is -2.10. The second-order valence-electron chi connectivity index (χ2n) is 3.30. The number of anilines is 2. The normalized spacial score (nSPS) is 11.5. The lowest BCUT2D eigenvalue weighted by atomic mass is 10.2. The van der Waals surface area contributed by atoms with E-state index in [2.05, 4.69) is 10.0 Å². The molecular weight excluding hydrogens is 252 g/mol. The van der Waals surface area contributed by atoms with Crippen molar-refractivity contribution in [3.63, 3.8) is 0 Å². The zero-order chi connectivity index (χ0) is 13.1. The fourth-order valence-electron chi connectivity index (χ4n) is 1.15. The highest BCUT2D eigenvalue weighted by molar-refractivity contribution is 7.89. The van der Waals surface area contributed by atoms with E-state index in [1.807, 2.05) is 0 Å². The van der Waals surface area contributed by atoms with Crippen LogP contribution in [0.3, 0.4) is 0 Å². The molecule has 17 heavy (non-hydrogen) atoms. The Balaban J connectivity index is 2.70. The van der Waals surface area contributed by atoms with Crippen LogP contribution in [0.2, 0.25) is 0 Å². The van der Waals surface area contributed by atoms with Crippen LogP contribution < -0.4 is 15.8 Å². The molecule has 0 saturated carbocycles. The van der Waals surface area contributed by atoms with Gasteiger partial charge in [-0.2, -0.15) is 0 Å². The summed E-state index contributed by atoms with van der Waals surface area (Å²) in [6.07, 6.45) is 0. The molecule has 0 amide bonds. The van der Waals surface area contributed by atoms with Gasteiger partial charge in [-0.3, -0.25) is 0 Å². The van der Waals surface area contributed by atoms with E-state index in [-0.39, 0.29) is 23.7 Å². The van der Waals surface area contributed by atoms with Gasteiger partial charge in [0.2, 0.25) is 10.0 Å². The standard InChI is InChI=1S/C9H13F2N3O2S/c1-13-17(15,16)3-2-14-8-5-6(10)4-7(11)9(8)12/h4-5,13-14H,2-3,12H2,1H3. The Bertz CT molecular complexity index is 505. The molecule has 0 unspecified atom stereocenters. The van der Waals surface area contributed by atoms with Crippen molar-refractivity contribution in [1.29, 1.82) is 0 Å². The second-order valence-corrected chi connectivity index (χ2v) is 5.34. The van der Waals surface area contributed by atoms with E-state index >= 15 is 0 Å². The molecule has 0 aromatic heterocycles. The molecule has 0 aliphatic rings. The number of hydrogen-bond acceptors (Lipinski definition) is 4. The fraction of sp³-hybridized carbons (Fsp3) is 0.333. The predicted molar refractivity (Wildman–Crippen MR) is 62.1 cm³/mol. The van der Waals surface area contributed by atoms with Crippen LogP contribution in [0.25, 0.3) is 0 Å². The zero-order valence-electron chi connectivity index (χ0n) is 9.13. The first kappa shape index (κ1) is 13.7. The van der Waals surface area contributed by atoms with Crippen LogP contribution in [0.1, 0.15) is 0 Å². The highest BCUT2D eigenvalue weighted by Gasteiger charge is 2.10. The van der Waals surface area contributed by atoms with Gasteiger partial charge in [0, 0.05) is 12.6 Å². The minimum absolute atomic E-state index is 0.00370. The minimum atomic E-state index is -3.36. The fourth-order valence-corrected chi connectivity index (χ4v) is 1.73. The van der Waals surface area contributed by atoms with Gasteiger partial charge in [0.15, 0.2) is 5.82 Å². The maximum Gasteiger partial charge on any atom is 0.213 e.